The number of nitrogens with one attached hydrogen (secondary N) is 2. The smallest absolute Gasteiger partial charge is 0.224 e. The number of hydrogen-bond acceptors (Lipinski definition) is 6. The summed E-state index contributed by atoms with van der Waals surface area (Å²) in [7, 11) is 0. The highest BCUT2D eigenvalue weighted by molar-refractivity contribution is 7.12. The maximum absolute atomic E-state index is 5.69. The van der Waals surface area contributed by atoms with Crippen LogP contribution in [0, 0.1) is 6.92 Å². The predicted octanol–water partition coefficient (Wildman–Crippen LogP) is 2.48. The number of rotatable bonds is 3. The highest BCUT2D eigenvalue weighted by Gasteiger charge is 2.13. The fraction of sp³-hybridized carbons (Fsp3) is 0.250. The van der Waals surface area contributed by atoms with Crippen LogP contribution in [0.15, 0.2) is 18.5 Å². The molecule has 3 aromatic heterocycles. The van der Waals surface area contributed by atoms with Crippen molar-refractivity contribution in [1.82, 2.24) is 19.9 Å². The number of nitrogen functional groups attached to an aromatic ring is 1. The first-order chi connectivity index (χ1) is 9.13. The highest BCUT2D eigenvalue weighted by atomic mass is 32.1. The topological polar surface area (TPSA) is 92.5 Å². The zero-order chi connectivity index (χ0) is 13.4. The van der Waals surface area contributed by atoms with Gasteiger partial charge in [0, 0.05) is 9.75 Å². The molecule has 3 aromatic rings. The summed E-state index contributed by atoms with van der Waals surface area (Å²) in [4.78, 5) is 18.0. The number of imidazole rings is 1. The first-order valence-corrected chi connectivity index (χ1v) is 6.74. The molecule has 0 aliphatic rings. The van der Waals surface area contributed by atoms with E-state index in [0.29, 0.717) is 11.5 Å². The van der Waals surface area contributed by atoms with Gasteiger partial charge in [-0.2, -0.15) is 9.97 Å². The normalized spacial score (nSPS) is 12.7. The maximum Gasteiger partial charge on any atom is 0.224 e. The molecular formula is C12H14N6S. The van der Waals surface area contributed by atoms with Crippen molar-refractivity contribution in [2.45, 2.75) is 19.9 Å². The Morgan fingerprint density at radius 2 is 2.21 bits per heavy atom. The van der Waals surface area contributed by atoms with E-state index < -0.39 is 0 Å². The van der Waals surface area contributed by atoms with Crippen molar-refractivity contribution in [2.24, 2.45) is 0 Å². The third-order valence-corrected chi connectivity index (χ3v) is 4.03. The SMILES string of the molecule is Cc1ccc(C(C)Nc2nc(N)nc3nc[nH]c23)s1. The van der Waals surface area contributed by atoms with E-state index in [-0.39, 0.29) is 12.0 Å². The molecule has 3 rings (SSSR count). The van der Waals surface area contributed by atoms with Gasteiger partial charge in [-0.3, -0.25) is 0 Å². The number of aromatic nitrogens is 4. The average Bonchev–Trinajstić information content (AvgIpc) is 2.97. The second-order valence-electron chi connectivity index (χ2n) is 4.35. The summed E-state index contributed by atoms with van der Waals surface area (Å²) in [5.74, 6) is 0.898. The Hall–Kier alpha value is -2.15. The summed E-state index contributed by atoms with van der Waals surface area (Å²) >= 11 is 1.76. The number of thiophene rings is 1. The fourth-order valence-corrected chi connectivity index (χ4v) is 2.80. The van der Waals surface area contributed by atoms with E-state index in [1.54, 1.807) is 17.7 Å². The number of H-pyrrole nitrogens is 1. The zero-order valence-corrected chi connectivity index (χ0v) is 11.5. The Bertz CT molecular complexity index is 716. The lowest BCUT2D eigenvalue weighted by atomic mass is 10.2. The molecule has 0 spiro atoms. The van der Waals surface area contributed by atoms with Gasteiger partial charge in [-0.25, -0.2) is 4.98 Å². The number of aryl methyl sites for hydroxylation is 1. The van der Waals surface area contributed by atoms with Crippen molar-refractivity contribution < 1.29 is 0 Å². The Morgan fingerprint density at radius 3 is 2.95 bits per heavy atom. The van der Waals surface area contributed by atoms with Crippen LogP contribution in [0.4, 0.5) is 11.8 Å². The van der Waals surface area contributed by atoms with Crippen molar-refractivity contribution in [3.63, 3.8) is 0 Å². The van der Waals surface area contributed by atoms with Gasteiger partial charge in [-0.05, 0) is 26.0 Å². The Labute approximate surface area is 114 Å². The van der Waals surface area contributed by atoms with Crippen molar-refractivity contribution >= 4 is 34.3 Å². The number of aromatic amines is 1. The van der Waals surface area contributed by atoms with Crippen molar-refractivity contribution in [1.29, 1.82) is 0 Å². The minimum Gasteiger partial charge on any atom is -0.368 e. The summed E-state index contributed by atoms with van der Waals surface area (Å²) in [6.07, 6.45) is 1.59. The quantitative estimate of drug-likeness (QED) is 0.682. The second-order valence-corrected chi connectivity index (χ2v) is 5.67. The largest absolute Gasteiger partial charge is 0.368 e. The molecule has 6 nitrogen and oxygen atoms in total. The van der Waals surface area contributed by atoms with Crippen LogP contribution in [0.2, 0.25) is 0 Å². The number of hydrogen-bond donors (Lipinski definition) is 3. The molecule has 3 heterocycles. The second kappa shape index (κ2) is 4.51. The zero-order valence-electron chi connectivity index (χ0n) is 10.6. The number of fused-ring (bicyclic) bond motifs is 1. The number of anilines is 2. The van der Waals surface area contributed by atoms with Crippen LogP contribution < -0.4 is 11.1 Å². The van der Waals surface area contributed by atoms with Gasteiger partial charge in [0.15, 0.2) is 11.5 Å². The van der Waals surface area contributed by atoms with E-state index in [1.807, 2.05) is 0 Å². The summed E-state index contributed by atoms with van der Waals surface area (Å²) in [5.41, 5.74) is 7.04. The molecule has 0 amide bonds. The average molecular weight is 274 g/mol. The van der Waals surface area contributed by atoms with Crippen LogP contribution in [0.3, 0.4) is 0 Å². The van der Waals surface area contributed by atoms with Gasteiger partial charge in [0.25, 0.3) is 0 Å². The molecule has 98 valence electrons. The van der Waals surface area contributed by atoms with Crippen LogP contribution in [0.5, 0.6) is 0 Å². The van der Waals surface area contributed by atoms with Gasteiger partial charge >= 0.3 is 0 Å². The third-order valence-electron chi connectivity index (χ3n) is 2.84. The van der Waals surface area contributed by atoms with Gasteiger partial charge in [0.05, 0.1) is 12.4 Å². The predicted molar refractivity (Wildman–Crippen MR) is 77.2 cm³/mol. The summed E-state index contributed by atoms with van der Waals surface area (Å²) in [6.45, 7) is 4.18. The first-order valence-electron chi connectivity index (χ1n) is 5.93. The lowest BCUT2D eigenvalue weighted by Gasteiger charge is -2.13. The van der Waals surface area contributed by atoms with E-state index >= 15 is 0 Å². The van der Waals surface area contributed by atoms with Crippen LogP contribution in [0.25, 0.3) is 11.2 Å². The molecule has 1 unspecified atom stereocenters. The lowest BCUT2D eigenvalue weighted by molar-refractivity contribution is 0.898. The van der Waals surface area contributed by atoms with E-state index in [1.165, 1.54) is 9.75 Å². The van der Waals surface area contributed by atoms with E-state index in [4.69, 9.17) is 5.73 Å². The Balaban J connectivity index is 1.94. The Morgan fingerprint density at radius 1 is 1.37 bits per heavy atom. The number of nitrogens with zero attached hydrogens (tertiary/aromatic N) is 3. The molecule has 0 saturated heterocycles. The molecule has 0 radical (unpaired) electrons. The lowest BCUT2D eigenvalue weighted by Crippen LogP contribution is -2.09. The van der Waals surface area contributed by atoms with Crippen molar-refractivity contribution in [2.75, 3.05) is 11.1 Å². The van der Waals surface area contributed by atoms with Crippen LogP contribution in [-0.2, 0) is 0 Å². The first kappa shape index (κ1) is 11.9. The minimum absolute atomic E-state index is 0.152. The molecule has 4 N–H and O–H groups in total. The van der Waals surface area contributed by atoms with Gasteiger partial charge in [0.2, 0.25) is 5.95 Å². The van der Waals surface area contributed by atoms with Gasteiger partial charge in [-0.1, -0.05) is 0 Å². The molecule has 0 aliphatic carbocycles. The van der Waals surface area contributed by atoms with Crippen LogP contribution in [0.1, 0.15) is 22.7 Å². The maximum atomic E-state index is 5.69. The van der Waals surface area contributed by atoms with E-state index in [0.717, 1.165) is 5.52 Å². The minimum atomic E-state index is 0.152. The molecule has 1 atom stereocenters. The highest BCUT2D eigenvalue weighted by Crippen LogP contribution is 2.27. The monoisotopic (exact) mass is 274 g/mol. The van der Waals surface area contributed by atoms with Crippen LogP contribution in [-0.4, -0.2) is 19.9 Å². The molecular weight excluding hydrogens is 260 g/mol. The third kappa shape index (κ3) is 2.24. The summed E-state index contributed by atoms with van der Waals surface area (Å²) in [5, 5.41) is 3.35. The van der Waals surface area contributed by atoms with Gasteiger partial charge in [0.1, 0.15) is 5.52 Å². The number of nitrogens with two attached hydrogens (primary N) is 1. The van der Waals surface area contributed by atoms with E-state index in [2.05, 4.69) is 51.2 Å². The molecule has 19 heavy (non-hydrogen) atoms. The molecule has 0 aromatic carbocycles. The molecule has 0 aliphatic heterocycles. The van der Waals surface area contributed by atoms with Crippen LogP contribution >= 0.6 is 11.3 Å². The van der Waals surface area contributed by atoms with Gasteiger partial charge < -0.3 is 16.0 Å². The summed E-state index contributed by atoms with van der Waals surface area (Å²) in [6, 6.07) is 4.38. The van der Waals surface area contributed by atoms with Crippen molar-refractivity contribution in [3.05, 3.63) is 28.2 Å². The Kier molecular flexibility index (Phi) is 2.83. The van der Waals surface area contributed by atoms with Crippen molar-refractivity contribution in [3.8, 4) is 0 Å². The summed E-state index contributed by atoms with van der Waals surface area (Å²) < 4.78 is 0. The van der Waals surface area contributed by atoms with Gasteiger partial charge in [-0.15, -0.1) is 11.3 Å². The molecule has 0 bridgehead atoms. The molecule has 0 saturated carbocycles. The molecule has 7 heteroatoms. The standard InChI is InChI=1S/C12H14N6S/c1-6-3-4-8(19-6)7(2)16-11-9-10(15-5-14-9)17-12(13)18-11/h3-5,7H,1-2H3,(H4,13,14,15,16,17,18). The van der Waals surface area contributed by atoms with E-state index in [9.17, 15) is 0 Å². The fourth-order valence-electron chi connectivity index (χ4n) is 1.92. The molecule has 0 fully saturated rings.